The summed E-state index contributed by atoms with van der Waals surface area (Å²) in [5, 5.41) is 6.39. The van der Waals surface area contributed by atoms with Gasteiger partial charge in [0.15, 0.2) is 0 Å². The molecule has 1 heterocycles. The molecule has 0 saturated carbocycles. The lowest BCUT2D eigenvalue weighted by atomic mass is 9.97. The molecule has 0 aromatic rings. The van der Waals surface area contributed by atoms with Crippen LogP contribution in [-0.2, 0) is 4.79 Å². The Bertz CT molecular complexity index is 212. The Morgan fingerprint density at radius 3 is 2.62 bits per heavy atom. The third-order valence-electron chi connectivity index (χ3n) is 3.11. The minimum Gasteiger partial charge on any atom is -0.353 e. The van der Waals surface area contributed by atoms with Gasteiger partial charge in [-0.3, -0.25) is 4.79 Å². The smallest absolute Gasteiger partial charge is 0.223 e. The third kappa shape index (κ3) is 4.94. The summed E-state index contributed by atoms with van der Waals surface area (Å²) < 4.78 is 0. The second kappa shape index (κ2) is 6.86. The van der Waals surface area contributed by atoms with Crippen LogP contribution in [0.2, 0.25) is 0 Å². The molecule has 94 valence electrons. The Kier molecular flexibility index (Phi) is 5.77. The van der Waals surface area contributed by atoms with Gasteiger partial charge in [0.25, 0.3) is 0 Å². The molecule has 0 aliphatic carbocycles. The maximum atomic E-state index is 11.9. The summed E-state index contributed by atoms with van der Waals surface area (Å²) in [6.45, 7) is 5.06. The molecule has 0 aromatic heterocycles. The van der Waals surface area contributed by atoms with E-state index in [0.717, 1.165) is 38.9 Å². The number of amides is 1. The van der Waals surface area contributed by atoms with E-state index in [9.17, 15) is 4.79 Å². The first kappa shape index (κ1) is 13.5. The Labute approximate surface area is 98.8 Å². The van der Waals surface area contributed by atoms with Crippen LogP contribution in [0.25, 0.3) is 0 Å². The van der Waals surface area contributed by atoms with Crippen molar-refractivity contribution in [2.75, 3.05) is 33.7 Å². The average Bonchev–Trinajstić information content (AvgIpc) is 2.27. The van der Waals surface area contributed by atoms with Gasteiger partial charge in [-0.05, 0) is 59.9 Å². The van der Waals surface area contributed by atoms with E-state index < -0.39 is 0 Å². The van der Waals surface area contributed by atoms with Crippen LogP contribution < -0.4 is 10.6 Å². The predicted octanol–water partition coefficient (Wildman–Crippen LogP) is 0.442. The van der Waals surface area contributed by atoms with Gasteiger partial charge in [0.1, 0.15) is 0 Å². The van der Waals surface area contributed by atoms with Crippen LogP contribution in [0.5, 0.6) is 0 Å². The number of nitrogens with one attached hydrogen (secondary N) is 2. The maximum Gasteiger partial charge on any atom is 0.223 e. The molecule has 1 aliphatic heterocycles. The SMILES string of the molecule is CC(CCN(C)C)NC(=O)C1CCNCC1. The van der Waals surface area contributed by atoms with Crippen LogP contribution in [0.4, 0.5) is 0 Å². The molecular formula is C12H25N3O. The summed E-state index contributed by atoms with van der Waals surface area (Å²) in [6.07, 6.45) is 2.97. The fourth-order valence-corrected chi connectivity index (χ4v) is 1.97. The zero-order valence-corrected chi connectivity index (χ0v) is 10.8. The van der Waals surface area contributed by atoms with E-state index in [-0.39, 0.29) is 17.9 Å². The van der Waals surface area contributed by atoms with Crippen LogP contribution in [0, 0.1) is 5.92 Å². The van der Waals surface area contributed by atoms with Crippen LogP contribution in [0.1, 0.15) is 26.2 Å². The number of rotatable bonds is 5. The molecule has 0 bridgehead atoms. The highest BCUT2D eigenvalue weighted by Gasteiger charge is 2.21. The van der Waals surface area contributed by atoms with Gasteiger partial charge in [-0.25, -0.2) is 0 Å². The highest BCUT2D eigenvalue weighted by Crippen LogP contribution is 2.11. The molecule has 1 amide bonds. The van der Waals surface area contributed by atoms with E-state index in [1.165, 1.54) is 0 Å². The number of hydrogen-bond donors (Lipinski definition) is 2. The molecule has 4 nitrogen and oxygen atoms in total. The Balaban J connectivity index is 2.21. The van der Waals surface area contributed by atoms with Crippen LogP contribution in [0.15, 0.2) is 0 Å². The number of piperidine rings is 1. The van der Waals surface area contributed by atoms with Gasteiger partial charge in [0.2, 0.25) is 5.91 Å². The number of carbonyl (C=O) groups excluding carboxylic acids is 1. The largest absolute Gasteiger partial charge is 0.353 e. The van der Waals surface area contributed by atoms with Crippen molar-refractivity contribution in [2.45, 2.75) is 32.2 Å². The molecule has 1 unspecified atom stereocenters. The first-order valence-electron chi connectivity index (χ1n) is 6.25. The molecule has 0 aromatic carbocycles. The van der Waals surface area contributed by atoms with Crippen LogP contribution in [0.3, 0.4) is 0 Å². The fraction of sp³-hybridized carbons (Fsp3) is 0.917. The number of nitrogens with zero attached hydrogens (tertiary/aromatic N) is 1. The van der Waals surface area contributed by atoms with Crippen molar-refractivity contribution in [3.8, 4) is 0 Å². The van der Waals surface area contributed by atoms with Gasteiger partial charge >= 0.3 is 0 Å². The standard InChI is InChI=1S/C12H25N3O/c1-10(6-9-15(2)3)14-12(16)11-4-7-13-8-5-11/h10-11,13H,4-9H2,1-3H3,(H,14,16). The van der Waals surface area contributed by atoms with Crippen molar-refractivity contribution < 1.29 is 4.79 Å². The summed E-state index contributed by atoms with van der Waals surface area (Å²) >= 11 is 0. The topological polar surface area (TPSA) is 44.4 Å². The highest BCUT2D eigenvalue weighted by molar-refractivity contribution is 5.79. The lowest BCUT2D eigenvalue weighted by Gasteiger charge is -2.24. The Hall–Kier alpha value is -0.610. The molecular weight excluding hydrogens is 202 g/mol. The molecule has 0 radical (unpaired) electrons. The van der Waals surface area contributed by atoms with Gasteiger partial charge in [0.05, 0.1) is 0 Å². The molecule has 4 heteroatoms. The van der Waals surface area contributed by atoms with Crippen molar-refractivity contribution in [2.24, 2.45) is 5.92 Å². The summed E-state index contributed by atoms with van der Waals surface area (Å²) in [6, 6.07) is 0.282. The lowest BCUT2D eigenvalue weighted by molar-refractivity contribution is -0.126. The maximum absolute atomic E-state index is 11.9. The first-order valence-corrected chi connectivity index (χ1v) is 6.25. The van der Waals surface area contributed by atoms with E-state index in [2.05, 4.69) is 36.6 Å². The van der Waals surface area contributed by atoms with Crippen molar-refractivity contribution >= 4 is 5.91 Å². The first-order chi connectivity index (χ1) is 7.59. The summed E-state index contributed by atoms with van der Waals surface area (Å²) in [4.78, 5) is 14.0. The zero-order valence-electron chi connectivity index (χ0n) is 10.8. The fourth-order valence-electron chi connectivity index (χ4n) is 1.97. The predicted molar refractivity (Wildman–Crippen MR) is 66.4 cm³/mol. The van der Waals surface area contributed by atoms with Gasteiger partial charge < -0.3 is 15.5 Å². The van der Waals surface area contributed by atoms with Crippen LogP contribution in [-0.4, -0.2) is 50.6 Å². The molecule has 1 atom stereocenters. The lowest BCUT2D eigenvalue weighted by Crippen LogP contribution is -2.42. The Morgan fingerprint density at radius 2 is 2.06 bits per heavy atom. The van der Waals surface area contributed by atoms with Crippen molar-refractivity contribution in [3.05, 3.63) is 0 Å². The second-order valence-electron chi connectivity index (χ2n) is 5.03. The van der Waals surface area contributed by atoms with Gasteiger partial charge in [-0.1, -0.05) is 0 Å². The van der Waals surface area contributed by atoms with E-state index in [1.807, 2.05) is 0 Å². The van der Waals surface area contributed by atoms with Crippen molar-refractivity contribution in [3.63, 3.8) is 0 Å². The zero-order chi connectivity index (χ0) is 12.0. The van der Waals surface area contributed by atoms with Crippen molar-refractivity contribution in [1.82, 2.24) is 15.5 Å². The number of carbonyl (C=O) groups is 1. The van der Waals surface area contributed by atoms with E-state index in [1.54, 1.807) is 0 Å². The Morgan fingerprint density at radius 1 is 1.44 bits per heavy atom. The highest BCUT2D eigenvalue weighted by atomic mass is 16.1. The molecule has 2 N–H and O–H groups in total. The normalized spacial score (nSPS) is 19.8. The molecule has 1 aliphatic rings. The summed E-state index contributed by atoms with van der Waals surface area (Å²) in [7, 11) is 4.11. The summed E-state index contributed by atoms with van der Waals surface area (Å²) in [5.74, 6) is 0.468. The van der Waals surface area contributed by atoms with E-state index in [4.69, 9.17) is 0 Å². The van der Waals surface area contributed by atoms with Gasteiger partial charge in [-0.15, -0.1) is 0 Å². The third-order valence-corrected chi connectivity index (χ3v) is 3.11. The molecule has 1 rings (SSSR count). The second-order valence-corrected chi connectivity index (χ2v) is 5.03. The minimum atomic E-state index is 0.225. The van der Waals surface area contributed by atoms with E-state index >= 15 is 0 Å². The minimum absolute atomic E-state index is 0.225. The molecule has 0 spiro atoms. The van der Waals surface area contributed by atoms with E-state index in [0.29, 0.717) is 0 Å². The van der Waals surface area contributed by atoms with Gasteiger partial charge in [-0.2, -0.15) is 0 Å². The summed E-state index contributed by atoms with van der Waals surface area (Å²) in [5.41, 5.74) is 0. The number of hydrogen-bond acceptors (Lipinski definition) is 3. The average molecular weight is 227 g/mol. The van der Waals surface area contributed by atoms with Gasteiger partial charge in [0, 0.05) is 12.0 Å². The quantitative estimate of drug-likeness (QED) is 0.716. The molecule has 1 fully saturated rings. The monoisotopic (exact) mass is 227 g/mol. The van der Waals surface area contributed by atoms with Crippen molar-refractivity contribution in [1.29, 1.82) is 0 Å². The van der Waals surface area contributed by atoms with Crippen LogP contribution >= 0.6 is 0 Å². The molecule has 16 heavy (non-hydrogen) atoms. The molecule has 1 saturated heterocycles.